The molecule has 90 valence electrons. The number of furan rings is 1. The van der Waals surface area contributed by atoms with Gasteiger partial charge in [-0.2, -0.15) is 0 Å². The second-order valence-electron chi connectivity index (χ2n) is 4.74. The third kappa shape index (κ3) is 2.22. The van der Waals surface area contributed by atoms with Crippen molar-refractivity contribution in [1.82, 2.24) is 0 Å². The first-order valence-corrected chi connectivity index (χ1v) is 6.09. The van der Waals surface area contributed by atoms with Crippen molar-refractivity contribution in [2.24, 2.45) is 5.41 Å². The number of carbonyl (C=O) groups is 1. The average Bonchev–Trinajstić information content (AvgIpc) is 2.61. The van der Waals surface area contributed by atoms with Gasteiger partial charge in [-0.15, -0.1) is 0 Å². The largest absolute Gasteiger partial charge is 0.481 e. The maximum absolute atomic E-state index is 11.1. The van der Waals surface area contributed by atoms with Gasteiger partial charge in [-0.25, -0.2) is 0 Å². The molecule has 0 spiro atoms. The summed E-state index contributed by atoms with van der Waals surface area (Å²) in [5.41, 5.74) is 0.877. The Labute approximate surface area is 108 Å². The van der Waals surface area contributed by atoms with E-state index in [1.807, 2.05) is 18.2 Å². The molecule has 0 amide bonds. The van der Waals surface area contributed by atoms with Crippen molar-refractivity contribution in [1.29, 1.82) is 0 Å². The number of hydrogen-bond donors (Lipinski definition) is 1. The Morgan fingerprint density at radius 1 is 1.47 bits per heavy atom. The van der Waals surface area contributed by atoms with Crippen LogP contribution in [0.1, 0.15) is 19.4 Å². The van der Waals surface area contributed by atoms with Crippen LogP contribution in [-0.4, -0.2) is 11.1 Å². The van der Waals surface area contributed by atoms with Crippen LogP contribution in [-0.2, 0) is 11.2 Å². The Bertz CT molecular complexity index is 569. The molecule has 0 saturated carbocycles. The second kappa shape index (κ2) is 4.18. The lowest BCUT2D eigenvalue weighted by Crippen LogP contribution is -2.26. The zero-order valence-corrected chi connectivity index (χ0v) is 11.2. The fourth-order valence-corrected chi connectivity index (χ4v) is 2.18. The van der Waals surface area contributed by atoms with Crippen molar-refractivity contribution in [3.05, 3.63) is 34.5 Å². The van der Waals surface area contributed by atoms with E-state index in [1.54, 1.807) is 20.1 Å². The van der Waals surface area contributed by atoms with Gasteiger partial charge >= 0.3 is 5.97 Å². The molecule has 1 N–H and O–H groups in total. The zero-order valence-electron chi connectivity index (χ0n) is 9.66. The highest BCUT2D eigenvalue weighted by Gasteiger charge is 2.28. The summed E-state index contributed by atoms with van der Waals surface area (Å²) in [6, 6.07) is 5.76. The van der Waals surface area contributed by atoms with Crippen molar-refractivity contribution in [3.63, 3.8) is 0 Å². The van der Waals surface area contributed by atoms with Gasteiger partial charge in [0, 0.05) is 5.39 Å². The first-order chi connectivity index (χ1) is 7.92. The summed E-state index contributed by atoms with van der Waals surface area (Å²) in [4.78, 5) is 11.1. The van der Waals surface area contributed by atoms with Crippen molar-refractivity contribution in [3.8, 4) is 0 Å². The molecular formula is C13H13BrO3. The van der Waals surface area contributed by atoms with E-state index >= 15 is 0 Å². The molecule has 1 heterocycles. The van der Waals surface area contributed by atoms with Crippen LogP contribution in [0.3, 0.4) is 0 Å². The summed E-state index contributed by atoms with van der Waals surface area (Å²) < 4.78 is 6.36. The topological polar surface area (TPSA) is 50.4 Å². The number of carboxylic acids is 1. The van der Waals surface area contributed by atoms with Crippen LogP contribution in [0, 0.1) is 5.41 Å². The highest BCUT2D eigenvalue weighted by molar-refractivity contribution is 9.10. The smallest absolute Gasteiger partial charge is 0.309 e. The second-order valence-corrected chi connectivity index (χ2v) is 5.60. The molecule has 0 aliphatic rings. The molecule has 0 bridgehead atoms. The first-order valence-electron chi connectivity index (χ1n) is 5.30. The van der Waals surface area contributed by atoms with Crippen molar-refractivity contribution in [2.45, 2.75) is 20.3 Å². The number of halogens is 1. The highest BCUT2D eigenvalue weighted by atomic mass is 79.9. The summed E-state index contributed by atoms with van der Waals surface area (Å²) in [5, 5.41) is 10.1. The Hall–Kier alpha value is -1.29. The van der Waals surface area contributed by atoms with Crippen LogP contribution in [0.15, 0.2) is 33.4 Å². The lowest BCUT2D eigenvalue weighted by Gasteiger charge is -2.18. The molecule has 0 radical (unpaired) electrons. The predicted molar refractivity (Wildman–Crippen MR) is 69.0 cm³/mol. The first kappa shape index (κ1) is 12.2. The molecule has 1 aromatic carbocycles. The molecule has 0 saturated heterocycles. The summed E-state index contributed by atoms with van der Waals surface area (Å²) >= 11 is 3.40. The van der Waals surface area contributed by atoms with Crippen LogP contribution in [0.25, 0.3) is 11.0 Å². The summed E-state index contributed by atoms with van der Waals surface area (Å²) in [5.74, 6) is -0.805. The minimum Gasteiger partial charge on any atom is -0.481 e. The average molecular weight is 297 g/mol. The minimum atomic E-state index is -0.805. The summed E-state index contributed by atoms with van der Waals surface area (Å²) in [6.07, 6.45) is 2.07. The molecule has 0 aliphatic heterocycles. The monoisotopic (exact) mass is 296 g/mol. The fraction of sp³-hybridized carbons (Fsp3) is 0.308. The van der Waals surface area contributed by atoms with E-state index in [-0.39, 0.29) is 0 Å². The quantitative estimate of drug-likeness (QED) is 0.936. The van der Waals surface area contributed by atoms with E-state index in [9.17, 15) is 4.79 Å². The fourth-order valence-electron chi connectivity index (χ4n) is 1.78. The van der Waals surface area contributed by atoms with Crippen molar-refractivity contribution < 1.29 is 14.3 Å². The number of rotatable bonds is 3. The maximum atomic E-state index is 11.1. The predicted octanol–water partition coefficient (Wildman–Crippen LogP) is 3.85. The van der Waals surface area contributed by atoms with Gasteiger partial charge in [0.05, 0.1) is 9.89 Å². The van der Waals surface area contributed by atoms with Crippen molar-refractivity contribution >= 4 is 32.9 Å². The van der Waals surface area contributed by atoms with Crippen molar-refractivity contribution in [2.75, 3.05) is 0 Å². The minimum absolute atomic E-state index is 0.444. The van der Waals surface area contributed by atoms with E-state index in [4.69, 9.17) is 9.52 Å². The zero-order chi connectivity index (χ0) is 12.6. The number of carboxylic acid groups (broad SMARTS) is 1. The molecule has 0 aliphatic carbocycles. The normalized spacial score (nSPS) is 11.9. The Kier molecular flexibility index (Phi) is 3.00. The van der Waals surface area contributed by atoms with Gasteiger partial charge in [-0.05, 0) is 47.8 Å². The van der Waals surface area contributed by atoms with E-state index in [0.717, 1.165) is 21.0 Å². The third-order valence-corrected chi connectivity index (χ3v) is 3.46. The van der Waals surface area contributed by atoms with Crippen LogP contribution < -0.4 is 0 Å². The Morgan fingerprint density at radius 2 is 2.18 bits per heavy atom. The van der Waals surface area contributed by atoms with Gasteiger partial charge in [0.25, 0.3) is 0 Å². The van der Waals surface area contributed by atoms with Gasteiger partial charge in [0.1, 0.15) is 11.8 Å². The molecule has 0 fully saturated rings. The molecule has 0 atom stereocenters. The third-order valence-electron chi connectivity index (χ3n) is 2.85. The summed E-state index contributed by atoms with van der Waals surface area (Å²) in [7, 11) is 0. The standard InChI is InChI=1S/C13H13BrO3/c1-13(2,12(15)16)6-8-4-3-5-9-10(14)7-17-11(8)9/h3-5,7H,6H2,1-2H3,(H,15,16). The number of aliphatic carboxylic acids is 1. The Morgan fingerprint density at radius 3 is 2.82 bits per heavy atom. The van der Waals surface area contributed by atoms with E-state index in [1.165, 1.54) is 0 Å². The highest BCUT2D eigenvalue weighted by Crippen LogP contribution is 2.32. The van der Waals surface area contributed by atoms with Gasteiger partial charge in [-0.3, -0.25) is 4.79 Å². The maximum Gasteiger partial charge on any atom is 0.309 e. The number of hydrogen-bond acceptors (Lipinski definition) is 2. The van der Waals surface area contributed by atoms with E-state index in [0.29, 0.717) is 6.42 Å². The lowest BCUT2D eigenvalue weighted by molar-refractivity contribution is -0.146. The molecule has 2 aromatic rings. The van der Waals surface area contributed by atoms with Gasteiger partial charge in [-0.1, -0.05) is 12.1 Å². The summed E-state index contributed by atoms with van der Waals surface area (Å²) in [6.45, 7) is 3.43. The van der Waals surface area contributed by atoms with Crippen LogP contribution in [0.5, 0.6) is 0 Å². The molecule has 0 unspecified atom stereocenters. The van der Waals surface area contributed by atoms with Gasteiger partial charge < -0.3 is 9.52 Å². The van der Waals surface area contributed by atoms with Crippen LogP contribution in [0.2, 0.25) is 0 Å². The number of para-hydroxylation sites is 1. The van der Waals surface area contributed by atoms with Gasteiger partial charge in [0.15, 0.2) is 0 Å². The lowest BCUT2D eigenvalue weighted by atomic mass is 9.85. The molecule has 2 rings (SSSR count). The van der Waals surface area contributed by atoms with E-state index < -0.39 is 11.4 Å². The molecule has 17 heavy (non-hydrogen) atoms. The van der Waals surface area contributed by atoms with E-state index in [2.05, 4.69) is 15.9 Å². The van der Waals surface area contributed by atoms with Crippen LogP contribution in [0.4, 0.5) is 0 Å². The number of fused-ring (bicyclic) bond motifs is 1. The molecule has 1 aromatic heterocycles. The Balaban J connectivity index is 2.46. The molecular weight excluding hydrogens is 284 g/mol. The number of benzene rings is 1. The molecule has 3 nitrogen and oxygen atoms in total. The molecule has 4 heteroatoms. The van der Waals surface area contributed by atoms with Gasteiger partial charge in [0.2, 0.25) is 0 Å². The SMILES string of the molecule is CC(C)(Cc1cccc2c(Br)coc12)C(=O)O. The van der Waals surface area contributed by atoms with Crippen LogP contribution >= 0.6 is 15.9 Å².